The van der Waals surface area contributed by atoms with Crippen molar-refractivity contribution >= 4 is 41.5 Å². The average molecular weight is 628 g/mol. The van der Waals surface area contributed by atoms with Crippen LogP contribution in [-0.4, -0.2) is 129 Å². The summed E-state index contributed by atoms with van der Waals surface area (Å²) >= 11 is 0. The minimum Gasteiger partial charge on any atom is -0.481 e. The summed E-state index contributed by atoms with van der Waals surface area (Å²) < 4.78 is 0. The Hall–Kier alpha value is -3.83. The van der Waals surface area contributed by atoms with Crippen molar-refractivity contribution in [1.29, 1.82) is 0 Å². The maximum Gasteiger partial charge on any atom is 0.326 e. The number of unbranched alkanes of at least 4 members (excludes halogenated alkanes) is 1. The lowest BCUT2D eigenvalue weighted by Gasteiger charge is -2.30. The normalized spacial score (nSPS) is 20.7. The minimum absolute atomic E-state index is 0.134. The predicted molar refractivity (Wildman–Crippen MR) is 153 cm³/mol. The summed E-state index contributed by atoms with van der Waals surface area (Å²) in [5.74, 6) is -5.86. The first kappa shape index (κ1) is 36.4. The van der Waals surface area contributed by atoms with E-state index in [1.807, 2.05) is 0 Å². The SMILES string of the molecule is C[C@H](NC(=O)[C@@H]1CCCN1C(=O)[C@@H](N)CO)C(=O)N[C@@H](CCC(=O)O)C(=O)N1CCC[C@H]1C(=O)N[C@@H](CCCCN)C(=O)O. The van der Waals surface area contributed by atoms with E-state index in [0.29, 0.717) is 38.6 Å². The summed E-state index contributed by atoms with van der Waals surface area (Å²) in [6.45, 7) is 1.52. The van der Waals surface area contributed by atoms with Crippen molar-refractivity contribution in [3.63, 3.8) is 0 Å². The molecule has 0 radical (unpaired) electrons. The number of likely N-dealkylation sites (tertiary alicyclic amines) is 2. The molecule has 2 saturated heterocycles. The first-order valence-corrected chi connectivity index (χ1v) is 14.9. The van der Waals surface area contributed by atoms with Gasteiger partial charge in [0.25, 0.3) is 0 Å². The molecular weight excluding hydrogens is 582 g/mol. The molecule has 10 N–H and O–H groups in total. The average Bonchev–Trinajstić information content (AvgIpc) is 3.68. The van der Waals surface area contributed by atoms with Gasteiger partial charge >= 0.3 is 11.9 Å². The molecule has 5 amide bonds. The monoisotopic (exact) mass is 627 g/mol. The third-order valence-electron chi connectivity index (χ3n) is 7.77. The Morgan fingerprint density at radius 2 is 1.39 bits per heavy atom. The first-order chi connectivity index (χ1) is 20.8. The molecule has 0 aromatic heterocycles. The van der Waals surface area contributed by atoms with E-state index in [1.54, 1.807) is 0 Å². The van der Waals surface area contributed by atoms with Crippen molar-refractivity contribution in [2.45, 2.75) is 101 Å². The van der Waals surface area contributed by atoms with Gasteiger partial charge < -0.3 is 52.5 Å². The van der Waals surface area contributed by atoms with Crippen molar-refractivity contribution in [3.05, 3.63) is 0 Å². The number of carbonyl (C=O) groups is 7. The highest BCUT2D eigenvalue weighted by atomic mass is 16.4. The summed E-state index contributed by atoms with van der Waals surface area (Å²) in [6.07, 6.45) is 1.93. The van der Waals surface area contributed by atoms with Crippen LogP contribution in [0.3, 0.4) is 0 Å². The Balaban J connectivity index is 2.10. The van der Waals surface area contributed by atoms with E-state index in [9.17, 15) is 48.9 Å². The summed E-state index contributed by atoms with van der Waals surface area (Å²) in [7, 11) is 0. The summed E-state index contributed by atoms with van der Waals surface area (Å²) in [6, 6.07) is -6.82. The van der Waals surface area contributed by atoms with E-state index in [2.05, 4.69) is 16.0 Å². The molecule has 0 aliphatic carbocycles. The fraction of sp³-hybridized carbons (Fsp3) is 0.741. The number of nitrogens with two attached hydrogens (primary N) is 2. The molecule has 0 saturated carbocycles. The van der Waals surface area contributed by atoms with Gasteiger partial charge in [-0.25, -0.2) is 4.79 Å². The molecule has 17 heteroatoms. The molecule has 0 spiro atoms. The second-order valence-corrected chi connectivity index (χ2v) is 11.1. The van der Waals surface area contributed by atoms with Gasteiger partial charge in [0.05, 0.1) is 6.61 Å². The summed E-state index contributed by atoms with van der Waals surface area (Å²) in [4.78, 5) is 90.4. The van der Waals surface area contributed by atoms with Crippen LogP contribution < -0.4 is 27.4 Å². The van der Waals surface area contributed by atoms with Crippen molar-refractivity contribution in [2.24, 2.45) is 11.5 Å². The lowest BCUT2D eigenvalue weighted by atomic mass is 10.1. The molecule has 17 nitrogen and oxygen atoms in total. The van der Waals surface area contributed by atoms with E-state index in [4.69, 9.17) is 11.5 Å². The number of aliphatic hydroxyl groups is 1. The predicted octanol–water partition coefficient (Wildman–Crippen LogP) is -3.16. The van der Waals surface area contributed by atoms with E-state index in [1.165, 1.54) is 16.7 Å². The maximum atomic E-state index is 13.5. The third kappa shape index (κ3) is 10.1. The standard InChI is InChI=1S/C27H45N7O10/c1-15(30-23(39)19-7-4-12-33(19)25(41)16(29)14-35)22(38)31-17(9-10-21(36)37)26(42)34-13-5-8-20(34)24(40)32-18(27(43)44)6-2-3-11-28/h15-20,35H,2-14,28-29H2,1H3,(H,30,39)(H,31,38)(H,32,40)(H,36,37)(H,43,44)/t15-,16-,17-,18-,19-,20-/m0/s1. The van der Waals surface area contributed by atoms with Gasteiger partial charge in [0, 0.05) is 19.5 Å². The highest BCUT2D eigenvalue weighted by Crippen LogP contribution is 2.21. The minimum atomic E-state index is -1.35. The van der Waals surface area contributed by atoms with Crippen LogP contribution >= 0.6 is 0 Å². The van der Waals surface area contributed by atoms with Gasteiger partial charge in [-0.15, -0.1) is 0 Å². The topological polar surface area (TPSA) is 275 Å². The molecule has 6 atom stereocenters. The van der Waals surface area contributed by atoms with Gasteiger partial charge in [-0.1, -0.05) is 0 Å². The van der Waals surface area contributed by atoms with Gasteiger partial charge in [-0.2, -0.15) is 0 Å². The van der Waals surface area contributed by atoms with Gasteiger partial charge in [0.2, 0.25) is 29.5 Å². The second-order valence-electron chi connectivity index (χ2n) is 11.1. The number of carbonyl (C=O) groups excluding carboxylic acids is 5. The van der Waals surface area contributed by atoms with Crippen molar-refractivity contribution in [2.75, 3.05) is 26.2 Å². The number of aliphatic hydroxyl groups excluding tert-OH is 1. The number of hydrogen-bond donors (Lipinski definition) is 8. The molecule has 2 fully saturated rings. The summed E-state index contributed by atoms with van der Waals surface area (Å²) in [5.41, 5.74) is 11.1. The zero-order chi connectivity index (χ0) is 33.0. The number of carboxylic acid groups (broad SMARTS) is 2. The largest absolute Gasteiger partial charge is 0.481 e. The van der Waals surface area contributed by atoms with E-state index in [-0.39, 0.29) is 32.4 Å². The Kier molecular flexibility index (Phi) is 14.4. The Bertz CT molecular complexity index is 1070. The van der Waals surface area contributed by atoms with Crippen molar-refractivity contribution in [1.82, 2.24) is 25.8 Å². The zero-order valence-electron chi connectivity index (χ0n) is 24.9. The van der Waals surface area contributed by atoms with Gasteiger partial charge in [-0.3, -0.25) is 28.8 Å². The number of aliphatic carboxylic acids is 2. The van der Waals surface area contributed by atoms with Crippen LogP contribution in [0.25, 0.3) is 0 Å². The molecule has 0 unspecified atom stereocenters. The van der Waals surface area contributed by atoms with Crippen LogP contribution in [0.5, 0.6) is 0 Å². The van der Waals surface area contributed by atoms with Crippen molar-refractivity contribution < 1.29 is 48.9 Å². The lowest BCUT2D eigenvalue weighted by Crippen LogP contribution is -2.58. The smallest absolute Gasteiger partial charge is 0.326 e. The summed E-state index contributed by atoms with van der Waals surface area (Å²) in [5, 5.41) is 35.4. The molecule has 0 bridgehead atoms. The van der Waals surface area contributed by atoms with Gasteiger partial charge in [-0.05, 0) is 64.8 Å². The number of carboxylic acids is 2. The molecule has 0 aromatic rings. The van der Waals surface area contributed by atoms with Crippen LogP contribution in [0, 0.1) is 0 Å². The Morgan fingerprint density at radius 3 is 1.91 bits per heavy atom. The first-order valence-electron chi connectivity index (χ1n) is 14.9. The fourth-order valence-electron chi connectivity index (χ4n) is 5.31. The van der Waals surface area contributed by atoms with E-state index < -0.39 is 90.8 Å². The molecule has 2 aliphatic rings. The molecule has 2 aliphatic heterocycles. The molecule has 2 rings (SSSR count). The quantitative estimate of drug-likeness (QED) is 0.0742. The number of nitrogens with zero attached hydrogens (tertiary/aromatic N) is 2. The van der Waals surface area contributed by atoms with Crippen LogP contribution in [0.15, 0.2) is 0 Å². The molecule has 44 heavy (non-hydrogen) atoms. The molecule has 248 valence electrons. The molecule has 2 heterocycles. The number of rotatable bonds is 17. The fourth-order valence-corrected chi connectivity index (χ4v) is 5.31. The zero-order valence-corrected chi connectivity index (χ0v) is 24.9. The highest BCUT2D eigenvalue weighted by Gasteiger charge is 2.40. The second kappa shape index (κ2) is 17.5. The molecule has 0 aromatic carbocycles. The number of amides is 5. The Morgan fingerprint density at radius 1 is 0.818 bits per heavy atom. The van der Waals surface area contributed by atoms with Crippen LogP contribution in [0.1, 0.15) is 64.7 Å². The number of nitrogens with one attached hydrogen (secondary N) is 3. The van der Waals surface area contributed by atoms with Gasteiger partial charge in [0.15, 0.2) is 0 Å². The lowest BCUT2D eigenvalue weighted by molar-refractivity contribution is -0.145. The third-order valence-corrected chi connectivity index (χ3v) is 7.77. The maximum absolute atomic E-state index is 13.5. The Labute approximate surface area is 255 Å². The highest BCUT2D eigenvalue weighted by molar-refractivity contribution is 5.96. The molecular formula is C27H45N7O10. The van der Waals surface area contributed by atoms with Gasteiger partial charge in [0.1, 0.15) is 36.3 Å². The van der Waals surface area contributed by atoms with Crippen LogP contribution in [0.2, 0.25) is 0 Å². The van der Waals surface area contributed by atoms with Crippen LogP contribution in [-0.2, 0) is 33.6 Å². The van der Waals surface area contributed by atoms with Crippen molar-refractivity contribution in [3.8, 4) is 0 Å². The van der Waals surface area contributed by atoms with E-state index >= 15 is 0 Å². The van der Waals surface area contributed by atoms with E-state index in [0.717, 1.165) is 0 Å². The number of hydrogen-bond acceptors (Lipinski definition) is 10. The van der Waals surface area contributed by atoms with Crippen LogP contribution in [0.4, 0.5) is 0 Å².